The molecule has 2 aromatic heterocycles. The number of anilines is 1. The number of likely N-dealkylation sites (N-methyl/N-ethyl adjacent to an activating group) is 1. The van der Waals surface area contributed by atoms with E-state index in [1.54, 1.807) is 18.3 Å². The van der Waals surface area contributed by atoms with Crippen LogP contribution < -0.4 is 4.90 Å². The third kappa shape index (κ3) is 2.60. The predicted molar refractivity (Wildman–Crippen MR) is 82.1 cm³/mol. The fourth-order valence-corrected chi connectivity index (χ4v) is 2.97. The summed E-state index contributed by atoms with van der Waals surface area (Å²) >= 11 is 0. The molecule has 0 radical (unpaired) electrons. The fourth-order valence-electron chi connectivity index (χ4n) is 2.97. The number of H-pyrrole nitrogens is 1. The van der Waals surface area contributed by atoms with E-state index in [-0.39, 0.29) is 18.4 Å². The number of nitrogens with one attached hydrogen (secondary N) is 1. The Bertz CT molecular complexity index is 718. The Morgan fingerprint density at radius 2 is 2.45 bits per heavy atom. The standard InChI is InChI=1S/C15H18N6O/c1-20(13(22)4-6-16)11-3-2-8-21(9-11)15-12-5-7-17-14(12)18-10-19-15/h5,7,10-11H,2-4,8-9H2,1H3,(H,17,18,19)/t11-/m1/s1. The summed E-state index contributed by atoms with van der Waals surface area (Å²) in [7, 11) is 1.78. The molecule has 1 aliphatic rings. The van der Waals surface area contributed by atoms with E-state index in [4.69, 9.17) is 5.26 Å². The molecule has 1 aliphatic heterocycles. The first-order chi connectivity index (χ1) is 10.7. The van der Waals surface area contributed by atoms with Gasteiger partial charge in [-0.25, -0.2) is 9.97 Å². The summed E-state index contributed by atoms with van der Waals surface area (Å²) in [4.78, 5) is 27.5. The quantitative estimate of drug-likeness (QED) is 0.922. The molecule has 0 unspecified atom stereocenters. The normalized spacial score (nSPS) is 18.2. The lowest BCUT2D eigenvalue weighted by Gasteiger charge is -2.38. The molecule has 7 heteroatoms. The maximum absolute atomic E-state index is 11.9. The zero-order valence-electron chi connectivity index (χ0n) is 12.5. The highest BCUT2D eigenvalue weighted by molar-refractivity contribution is 5.87. The van der Waals surface area contributed by atoms with Crippen molar-refractivity contribution in [2.75, 3.05) is 25.0 Å². The second-order valence-electron chi connectivity index (χ2n) is 5.52. The van der Waals surface area contributed by atoms with Gasteiger partial charge in [-0.05, 0) is 18.9 Å². The lowest BCUT2D eigenvalue weighted by atomic mass is 10.0. The second kappa shape index (κ2) is 6.02. The molecule has 3 rings (SSSR count). The van der Waals surface area contributed by atoms with Gasteiger partial charge in [-0.3, -0.25) is 4.79 Å². The second-order valence-corrected chi connectivity index (χ2v) is 5.52. The maximum atomic E-state index is 11.9. The molecule has 1 saturated heterocycles. The van der Waals surface area contributed by atoms with Crippen LogP contribution in [-0.4, -0.2) is 51.9 Å². The van der Waals surface area contributed by atoms with E-state index in [0.29, 0.717) is 0 Å². The summed E-state index contributed by atoms with van der Waals surface area (Å²) in [6.07, 6.45) is 5.29. The van der Waals surface area contributed by atoms with Gasteiger partial charge in [-0.15, -0.1) is 0 Å². The van der Waals surface area contributed by atoms with E-state index in [2.05, 4.69) is 19.9 Å². The number of piperidine rings is 1. The van der Waals surface area contributed by atoms with Crippen molar-refractivity contribution in [3.63, 3.8) is 0 Å². The predicted octanol–water partition coefficient (Wildman–Crippen LogP) is 1.30. The number of carbonyl (C=O) groups is 1. The number of aromatic amines is 1. The SMILES string of the molecule is CN(C(=O)CC#N)[C@@H]1CCCN(c2ncnc3[nH]ccc23)C1. The number of aromatic nitrogens is 3. The van der Waals surface area contributed by atoms with Gasteiger partial charge in [0.2, 0.25) is 5.91 Å². The van der Waals surface area contributed by atoms with E-state index in [1.807, 2.05) is 18.3 Å². The highest BCUT2D eigenvalue weighted by Gasteiger charge is 2.27. The highest BCUT2D eigenvalue weighted by atomic mass is 16.2. The zero-order valence-corrected chi connectivity index (χ0v) is 12.5. The molecule has 0 aliphatic carbocycles. The Morgan fingerprint density at radius 1 is 1.59 bits per heavy atom. The van der Waals surface area contributed by atoms with Crippen LogP contribution in [-0.2, 0) is 4.79 Å². The van der Waals surface area contributed by atoms with Crippen molar-refractivity contribution in [2.45, 2.75) is 25.3 Å². The van der Waals surface area contributed by atoms with Crippen molar-refractivity contribution in [2.24, 2.45) is 0 Å². The molecule has 0 aromatic carbocycles. The minimum absolute atomic E-state index is 0.0669. The van der Waals surface area contributed by atoms with Gasteiger partial charge in [0, 0.05) is 32.4 Å². The summed E-state index contributed by atoms with van der Waals surface area (Å²) in [6, 6.07) is 4.00. The largest absolute Gasteiger partial charge is 0.354 e. The van der Waals surface area contributed by atoms with Crippen LogP contribution in [0.15, 0.2) is 18.6 Å². The van der Waals surface area contributed by atoms with Gasteiger partial charge in [-0.1, -0.05) is 0 Å². The molecule has 1 amide bonds. The summed E-state index contributed by atoms with van der Waals surface area (Å²) in [5.74, 6) is 0.779. The van der Waals surface area contributed by atoms with Gasteiger partial charge in [0.1, 0.15) is 24.2 Å². The van der Waals surface area contributed by atoms with Crippen molar-refractivity contribution < 1.29 is 4.79 Å². The lowest BCUT2D eigenvalue weighted by molar-refractivity contribution is -0.131. The van der Waals surface area contributed by atoms with Crippen LogP contribution in [0.1, 0.15) is 19.3 Å². The number of nitriles is 1. The monoisotopic (exact) mass is 298 g/mol. The molecule has 7 nitrogen and oxygen atoms in total. The summed E-state index contributed by atoms with van der Waals surface area (Å²) < 4.78 is 0. The Labute approximate surface area is 128 Å². The zero-order chi connectivity index (χ0) is 15.5. The van der Waals surface area contributed by atoms with E-state index < -0.39 is 0 Å². The molecular weight excluding hydrogens is 280 g/mol. The first-order valence-corrected chi connectivity index (χ1v) is 7.36. The van der Waals surface area contributed by atoms with Gasteiger partial charge in [0.15, 0.2) is 0 Å². The van der Waals surface area contributed by atoms with Crippen molar-refractivity contribution in [1.82, 2.24) is 19.9 Å². The topological polar surface area (TPSA) is 88.9 Å². The van der Waals surface area contributed by atoms with Crippen LogP contribution in [0.2, 0.25) is 0 Å². The lowest BCUT2D eigenvalue weighted by Crippen LogP contribution is -2.48. The van der Waals surface area contributed by atoms with E-state index in [9.17, 15) is 4.79 Å². The highest BCUT2D eigenvalue weighted by Crippen LogP contribution is 2.26. The average Bonchev–Trinajstić information content (AvgIpc) is 3.03. The van der Waals surface area contributed by atoms with Gasteiger partial charge < -0.3 is 14.8 Å². The number of hydrogen-bond donors (Lipinski definition) is 1. The fraction of sp³-hybridized carbons (Fsp3) is 0.467. The summed E-state index contributed by atoms with van der Waals surface area (Å²) in [6.45, 7) is 1.64. The summed E-state index contributed by atoms with van der Waals surface area (Å²) in [5.41, 5.74) is 0.820. The van der Waals surface area contributed by atoms with Gasteiger partial charge >= 0.3 is 0 Å². The molecule has 1 atom stereocenters. The number of amides is 1. The molecule has 0 spiro atoms. The van der Waals surface area contributed by atoms with Crippen LogP contribution in [0.25, 0.3) is 11.0 Å². The van der Waals surface area contributed by atoms with Crippen molar-refractivity contribution in [3.05, 3.63) is 18.6 Å². The minimum Gasteiger partial charge on any atom is -0.354 e. The van der Waals surface area contributed by atoms with Crippen LogP contribution in [0.3, 0.4) is 0 Å². The molecule has 3 heterocycles. The third-order valence-corrected chi connectivity index (χ3v) is 4.20. The number of nitrogens with zero attached hydrogens (tertiary/aromatic N) is 5. The first kappa shape index (κ1) is 14.3. The van der Waals surface area contributed by atoms with Gasteiger partial charge in [0.25, 0.3) is 0 Å². The van der Waals surface area contributed by atoms with Crippen LogP contribution in [0.4, 0.5) is 5.82 Å². The Kier molecular flexibility index (Phi) is 3.92. The summed E-state index contributed by atoms with van der Waals surface area (Å²) in [5, 5.41) is 9.67. The van der Waals surface area contributed by atoms with Gasteiger partial charge in [-0.2, -0.15) is 5.26 Å². The Morgan fingerprint density at radius 3 is 3.27 bits per heavy atom. The molecule has 22 heavy (non-hydrogen) atoms. The molecule has 0 bridgehead atoms. The maximum Gasteiger partial charge on any atom is 0.236 e. The van der Waals surface area contributed by atoms with E-state index >= 15 is 0 Å². The van der Waals surface area contributed by atoms with Crippen molar-refractivity contribution in [1.29, 1.82) is 5.26 Å². The number of fused-ring (bicyclic) bond motifs is 1. The minimum atomic E-state index is -0.121. The van der Waals surface area contributed by atoms with Crippen molar-refractivity contribution >= 4 is 22.8 Å². The van der Waals surface area contributed by atoms with Gasteiger partial charge in [0.05, 0.1) is 11.5 Å². The first-order valence-electron chi connectivity index (χ1n) is 7.36. The Hall–Kier alpha value is -2.62. The number of rotatable bonds is 3. The van der Waals surface area contributed by atoms with Crippen LogP contribution in [0, 0.1) is 11.3 Å². The molecular formula is C15H18N6O. The smallest absolute Gasteiger partial charge is 0.236 e. The molecule has 1 fully saturated rings. The molecule has 114 valence electrons. The molecule has 2 aromatic rings. The number of carbonyl (C=O) groups excluding carboxylic acids is 1. The van der Waals surface area contributed by atoms with Crippen LogP contribution >= 0.6 is 0 Å². The van der Waals surface area contributed by atoms with Crippen molar-refractivity contribution in [3.8, 4) is 6.07 Å². The van der Waals surface area contributed by atoms with Crippen LogP contribution in [0.5, 0.6) is 0 Å². The molecule has 0 saturated carbocycles. The third-order valence-electron chi connectivity index (χ3n) is 4.20. The average molecular weight is 298 g/mol. The van der Waals surface area contributed by atoms with E-state index in [0.717, 1.165) is 42.8 Å². The number of hydrogen-bond acceptors (Lipinski definition) is 5. The Balaban J connectivity index is 1.80. The van der Waals surface area contributed by atoms with E-state index in [1.165, 1.54) is 0 Å². The molecule has 1 N–H and O–H groups in total.